The zero-order valence-corrected chi connectivity index (χ0v) is 9.44. The van der Waals surface area contributed by atoms with Crippen molar-refractivity contribution in [2.45, 2.75) is 51.6 Å². The highest BCUT2D eigenvalue weighted by Gasteiger charge is 2.30. The third-order valence-corrected chi connectivity index (χ3v) is 3.31. The van der Waals surface area contributed by atoms with Crippen LogP contribution < -0.4 is 5.73 Å². The summed E-state index contributed by atoms with van der Waals surface area (Å²) in [7, 11) is 0. The first-order valence-corrected chi connectivity index (χ1v) is 5.66. The molecule has 0 aromatic heterocycles. The highest BCUT2D eigenvalue weighted by Crippen LogP contribution is 2.23. The summed E-state index contributed by atoms with van der Waals surface area (Å²) in [4.78, 5) is 3.17. The third kappa shape index (κ3) is 2.41. The Labute approximate surface area is 86.5 Å². The number of nitrogens with zero attached hydrogens (tertiary/aromatic N) is 1. The van der Waals surface area contributed by atoms with Crippen molar-refractivity contribution in [2.75, 3.05) is 6.54 Å². The maximum absolute atomic E-state index is 5.73. The van der Waals surface area contributed by atoms with Crippen molar-refractivity contribution in [2.24, 2.45) is 5.73 Å². The number of rotatable bonds is 4. The van der Waals surface area contributed by atoms with Crippen LogP contribution in [0.1, 0.15) is 39.5 Å². The van der Waals surface area contributed by atoms with Crippen molar-refractivity contribution in [3.63, 3.8) is 0 Å². The summed E-state index contributed by atoms with van der Waals surface area (Å²) in [6.45, 7) is 5.65. The zero-order chi connectivity index (χ0) is 9.84. The molecule has 0 saturated carbocycles. The lowest BCUT2D eigenvalue weighted by molar-refractivity contribution is 0.204. The first kappa shape index (κ1) is 10.9. The molecule has 0 aromatic rings. The first-order chi connectivity index (χ1) is 6.20. The van der Waals surface area contributed by atoms with Crippen LogP contribution >= 0.6 is 12.2 Å². The van der Waals surface area contributed by atoms with Crippen molar-refractivity contribution in [3.05, 3.63) is 0 Å². The Bertz CT molecular complexity index is 178. The third-order valence-electron chi connectivity index (χ3n) is 3.03. The lowest BCUT2D eigenvalue weighted by atomic mass is 10.1. The SMILES string of the molecule is CCC(CC)N1CCCC1C(N)=S. The van der Waals surface area contributed by atoms with Crippen molar-refractivity contribution < 1.29 is 0 Å². The first-order valence-electron chi connectivity index (χ1n) is 5.25. The molecule has 13 heavy (non-hydrogen) atoms. The fourth-order valence-corrected chi connectivity index (χ4v) is 2.54. The molecule has 1 heterocycles. The smallest absolute Gasteiger partial charge is 0.0902 e. The van der Waals surface area contributed by atoms with E-state index in [4.69, 9.17) is 18.0 Å². The minimum absolute atomic E-state index is 0.375. The molecule has 3 heteroatoms. The van der Waals surface area contributed by atoms with E-state index in [1.165, 1.54) is 25.8 Å². The highest BCUT2D eigenvalue weighted by molar-refractivity contribution is 7.80. The molecule has 1 aliphatic rings. The second-order valence-electron chi connectivity index (χ2n) is 3.77. The van der Waals surface area contributed by atoms with Gasteiger partial charge in [0, 0.05) is 6.04 Å². The number of nitrogens with two attached hydrogens (primary N) is 1. The molecule has 2 nitrogen and oxygen atoms in total. The molecule has 0 aromatic carbocycles. The lowest BCUT2D eigenvalue weighted by Gasteiger charge is -2.31. The van der Waals surface area contributed by atoms with E-state index in [-0.39, 0.29) is 0 Å². The standard InChI is InChI=1S/C10H20N2S/c1-3-8(4-2)12-7-5-6-9(12)10(11)13/h8-9H,3-7H2,1-2H3,(H2,11,13). The van der Waals surface area contributed by atoms with Gasteiger partial charge in [0.15, 0.2) is 0 Å². The molecule has 1 unspecified atom stereocenters. The van der Waals surface area contributed by atoms with Gasteiger partial charge in [0.2, 0.25) is 0 Å². The van der Waals surface area contributed by atoms with Gasteiger partial charge < -0.3 is 5.73 Å². The predicted octanol–water partition coefficient (Wildman–Crippen LogP) is 1.93. The number of hydrogen-bond donors (Lipinski definition) is 1. The van der Waals surface area contributed by atoms with Gasteiger partial charge in [-0.05, 0) is 32.2 Å². The second kappa shape index (κ2) is 4.91. The molecule has 0 bridgehead atoms. The summed E-state index contributed by atoms with van der Waals surface area (Å²) in [6, 6.07) is 1.05. The molecule has 76 valence electrons. The molecular weight excluding hydrogens is 180 g/mol. The van der Waals surface area contributed by atoms with Crippen molar-refractivity contribution >= 4 is 17.2 Å². The maximum atomic E-state index is 5.73. The molecular formula is C10H20N2S. The molecule has 2 N–H and O–H groups in total. The van der Waals surface area contributed by atoms with Gasteiger partial charge in [-0.3, -0.25) is 4.90 Å². The molecule has 1 fully saturated rings. The summed E-state index contributed by atoms with van der Waals surface area (Å²) in [5.74, 6) is 0. The van der Waals surface area contributed by atoms with Crippen LogP contribution in [0.5, 0.6) is 0 Å². The van der Waals surface area contributed by atoms with Crippen LogP contribution in [0.4, 0.5) is 0 Å². The summed E-state index contributed by atoms with van der Waals surface area (Å²) in [5, 5.41) is 0. The predicted molar refractivity (Wildman–Crippen MR) is 60.9 cm³/mol. The van der Waals surface area contributed by atoms with Gasteiger partial charge in [-0.2, -0.15) is 0 Å². The van der Waals surface area contributed by atoms with Gasteiger partial charge >= 0.3 is 0 Å². The van der Waals surface area contributed by atoms with E-state index in [1.807, 2.05) is 0 Å². The van der Waals surface area contributed by atoms with Crippen molar-refractivity contribution in [3.8, 4) is 0 Å². The lowest BCUT2D eigenvalue weighted by Crippen LogP contribution is -2.44. The van der Waals surface area contributed by atoms with E-state index in [2.05, 4.69) is 18.7 Å². The Kier molecular flexibility index (Phi) is 4.13. The molecule has 1 aliphatic heterocycles. The molecule has 0 aliphatic carbocycles. The summed E-state index contributed by atoms with van der Waals surface area (Å²) in [5.41, 5.74) is 5.73. The number of likely N-dealkylation sites (tertiary alicyclic amines) is 1. The van der Waals surface area contributed by atoms with Crippen LogP contribution in [-0.2, 0) is 0 Å². The minimum Gasteiger partial charge on any atom is -0.392 e. The zero-order valence-electron chi connectivity index (χ0n) is 8.62. The van der Waals surface area contributed by atoms with Crippen LogP contribution in [-0.4, -0.2) is 28.5 Å². The van der Waals surface area contributed by atoms with E-state index in [0.29, 0.717) is 17.1 Å². The van der Waals surface area contributed by atoms with Gasteiger partial charge in [0.05, 0.1) is 11.0 Å². The largest absolute Gasteiger partial charge is 0.392 e. The van der Waals surface area contributed by atoms with Crippen LogP contribution in [0.15, 0.2) is 0 Å². The Morgan fingerprint density at radius 3 is 2.62 bits per heavy atom. The van der Waals surface area contributed by atoms with E-state index < -0.39 is 0 Å². The summed E-state index contributed by atoms with van der Waals surface area (Å²) in [6.07, 6.45) is 4.82. The molecule has 0 spiro atoms. The molecule has 1 saturated heterocycles. The number of thiocarbonyl (C=S) groups is 1. The van der Waals surface area contributed by atoms with Gasteiger partial charge in [0.1, 0.15) is 0 Å². The molecule has 1 atom stereocenters. The Balaban J connectivity index is 2.61. The summed E-state index contributed by atoms with van der Waals surface area (Å²) >= 11 is 5.08. The van der Waals surface area contributed by atoms with Crippen molar-refractivity contribution in [1.82, 2.24) is 4.90 Å². The van der Waals surface area contributed by atoms with E-state index >= 15 is 0 Å². The average Bonchev–Trinajstić information content (AvgIpc) is 2.55. The minimum atomic E-state index is 0.375. The van der Waals surface area contributed by atoms with Crippen LogP contribution in [0.25, 0.3) is 0 Å². The molecule has 0 radical (unpaired) electrons. The monoisotopic (exact) mass is 200 g/mol. The van der Waals surface area contributed by atoms with E-state index in [9.17, 15) is 0 Å². The van der Waals surface area contributed by atoms with Gasteiger partial charge in [0.25, 0.3) is 0 Å². The van der Waals surface area contributed by atoms with Crippen molar-refractivity contribution in [1.29, 1.82) is 0 Å². The van der Waals surface area contributed by atoms with E-state index in [0.717, 1.165) is 6.42 Å². The Hall–Kier alpha value is -0.150. The van der Waals surface area contributed by atoms with Crippen LogP contribution in [0, 0.1) is 0 Å². The quantitative estimate of drug-likeness (QED) is 0.703. The molecule has 1 rings (SSSR count). The maximum Gasteiger partial charge on any atom is 0.0902 e. The van der Waals surface area contributed by atoms with Crippen LogP contribution in [0.2, 0.25) is 0 Å². The van der Waals surface area contributed by atoms with Gasteiger partial charge in [-0.15, -0.1) is 0 Å². The Morgan fingerprint density at radius 1 is 1.54 bits per heavy atom. The Morgan fingerprint density at radius 2 is 2.15 bits per heavy atom. The molecule has 0 amide bonds. The fraction of sp³-hybridized carbons (Fsp3) is 0.900. The van der Waals surface area contributed by atoms with Gasteiger partial charge in [-0.25, -0.2) is 0 Å². The highest BCUT2D eigenvalue weighted by atomic mass is 32.1. The average molecular weight is 200 g/mol. The topological polar surface area (TPSA) is 29.3 Å². The number of hydrogen-bond acceptors (Lipinski definition) is 2. The van der Waals surface area contributed by atoms with Gasteiger partial charge in [-0.1, -0.05) is 26.1 Å². The fourth-order valence-electron chi connectivity index (χ4n) is 2.29. The normalized spacial score (nSPS) is 24.1. The van der Waals surface area contributed by atoms with Crippen LogP contribution in [0.3, 0.4) is 0 Å². The summed E-state index contributed by atoms with van der Waals surface area (Å²) < 4.78 is 0. The van der Waals surface area contributed by atoms with E-state index in [1.54, 1.807) is 0 Å². The second-order valence-corrected chi connectivity index (χ2v) is 4.24.